The predicted octanol–water partition coefficient (Wildman–Crippen LogP) is 3.40. The van der Waals surface area contributed by atoms with Crippen LogP contribution in [0.4, 0.5) is 0 Å². The van der Waals surface area contributed by atoms with Gasteiger partial charge in [0.25, 0.3) is 0 Å². The Morgan fingerprint density at radius 2 is 1.88 bits per heavy atom. The zero-order valence-electron chi connectivity index (χ0n) is 11.5. The number of aromatic nitrogens is 2. The van der Waals surface area contributed by atoms with Crippen LogP contribution in [0.1, 0.15) is 68.7 Å². The van der Waals surface area contributed by atoms with Crippen molar-refractivity contribution in [2.75, 3.05) is 0 Å². The number of hydrogen-bond donors (Lipinski definition) is 0. The van der Waals surface area contributed by atoms with Gasteiger partial charge in [-0.1, -0.05) is 33.6 Å². The first-order chi connectivity index (χ1) is 8.15. The highest BCUT2D eigenvalue weighted by atomic mass is 16.1. The van der Waals surface area contributed by atoms with Crippen LogP contribution < -0.4 is 0 Å². The largest absolute Gasteiger partial charge is 0.294 e. The van der Waals surface area contributed by atoms with E-state index in [1.165, 1.54) is 12.8 Å². The molecular formula is C14H24N2O. The Bertz CT molecular complexity index is 380. The van der Waals surface area contributed by atoms with Gasteiger partial charge in [0.05, 0.1) is 11.3 Å². The van der Waals surface area contributed by atoms with Gasteiger partial charge in [-0.25, -0.2) is 0 Å². The van der Waals surface area contributed by atoms with E-state index in [4.69, 9.17) is 0 Å². The van der Waals surface area contributed by atoms with Crippen LogP contribution >= 0.6 is 0 Å². The fourth-order valence-corrected chi connectivity index (χ4v) is 2.26. The van der Waals surface area contributed by atoms with E-state index in [-0.39, 0.29) is 5.78 Å². The van der Waals surface area contributed by atoms with Crippen molar-refractivity contribution in [1.29, 1.82) is 0 Å². The van der Waals surface area contributed by atoms with Crippen LogP contribution in [0, 0.1) is 0 Å². The number of ketones is 1. The minimum absolute atomic E-state index is 0.153. The molecule has 0 fully saturated rings. The Labute approximate surface area is 104 Å². The number of rotatable bonds is 7. The van der Waals surface area contributed by atoms with Crippen LogP contribution in [0.15, 0.2) is 0 Å². The van der Waals surface area contributed by atoms with Gasteiger partial charge in [0.1, 0.15) is 0 Å². The summed E-state index contributed by atoms with van der Waals surface area (Å²) in [6.07, 6.45) is 5.30. The van der Waals surface area contributed by atoms with Crippen LogP contribution in [-0.4, -0.2) is 15.6 Å². The average molecular weight is 236 g/mol. The Balaban J connectivity index is 3.00. The van der Waals surface area contributed by atoms with Crippen molar-refractivity contribution in [1.82, 2.24) is 9.78 Å². The quantitative estimate of drug-likeness (QED) is 0.537. The number of hydrogen-bond acceptors (Lipinski definition) is 2. The van der Waals surface area contributed by atoms with E-state index in [0.717, 1.165) is 42.8 Å². The topological polar surface area (TPSA) is 34.9 Å². The van der Waals surface area contributed by atoms with Crippen LogP contribution in [0.3, 0.4) is 0 Å². The number of Topliss-reactive ketones (excluding diaryl/α,β-unsaturated/α-hetero) is 1. The molecule has 0 saturated carbocycles. The zero-order chi connectivity index (χ0) is 12.8. The summed E-state index contributed by atoms with van der Waals surface area (Å²) in [5.74, 6) is 0.153. The van der Waals surface area contributed by atoms with Crippen molar-refractivity contribution >= 4 is 5.78 Å². The summed E-state index contributed by atoms with van der Waals surface area (Å²) in [6.45, 7) is 8.94. The number of aryl methyl sites for hydroxylation is 2. The van der Waals surface area contributed by atoms with Crippen molar-refractivity contribution < 1.29 is 4.79 Å². The Morgan fingerprint density at radius 3 is 2.35 bits per heavy atom. The van der Waals surface area contributed by atoms with Gasteiger partial charge in [-0.05, 0) is 26.2 Å². The molecule has 0 saturated heterocycles. The third-order valence-corrected chi connectivity index (χ3v) is 3.13. The molecule has 3 nitrogen and oxygen atoms in total. The Kier molecular flexibility index (Phi) is 5.39. The van der Waals surface area contributed by atoms with Gasteiger partial charge in [-0.15, -0.1) is 0 Å². The fraction of sp³-hybridized carbons (Fsp3) is 0.714. The molecule has 0 aliphatic carbocycles. The second-order valence-corrected chi connectivity index (χ2v) is 4.46. The normalized spacial score (nSPS) is 10.8. The highest BCUT2D eigenvalue weighted by molar-refractivity contribution is 5.96. The molecule has 1 aromatic rings. The zero-order valence-corrected chi connectivity index (χ0v) is 11.5. The first kappa shape index (κ1) is 13.9. The first-order valence-electron chi connectivity index (χ1n) is 6.75. The minimum Gasteiger partial charge on any atom is -0.294 e. The van der Waals surface area contributed by atoms with Crippen molar-refractivity contribution in [2.45, 2.75) is 66.3 Å². The average Bonchev–Trinajstić information content (AvgIpc) is 2.67. The summed E-state index contributed by atoms with van der Waals surface area (Å²) in [6, 6.07) is 0. The summed E-state index contributed by atoms with van der Waals surface area (Å²) in [7, 11) is 0. The van der Waals surface area contributed by atoms with E-state index in [9.17, 15) is 4.79 Å². The lowest BCUT2D eigenvalue weighted by atomic mass is 10.1. The van der Waals surface area contributed by atoms with Gasteiger partial charge in [-0.2, -0.15) is 5.10 Å². The van der Waals surface area contributed by atoms with Crippen LogP contribution in [-0.2, 0) is 19.4 Å². The molecule has 1 rings (SSSR count). The molecule has 96 valence electrons. The molecule has 0 bridgehead atoms. The van der Waals surface area contributed by atoms with Crippen molar-refractivity contribution in [3.63, 3.8) is 0 Å². The molecule has 0 amide bonds. The van der Waals surface area contributed by atoms with E-state index >= 15 is 0 Å². The molecule has 0 aliphatic heterocycles. The summed E-state index contributed by atoms with van der Waals surface area (Å²) < 4.78 is 2.05. The first-order valence-corrected chi connectivity index (χ1v) is 6.75. The monoisotopic (exact) mass is 236 g/mol. The maximum absolute atomic E-state index is 11.7. The Hall–Kier alpha value is -1.12. The summed E-state index contributed by atoms with van der Waals surface area (Å²) in [5, 5.41) is 4.59. The molecule has 0 atom stereocenters. The molecule has 0 N–H and O–H groups in total. The third kappa shape index (κ3) is 3.18. The maximum Gasteiger partial charge on any atom is 0.163 e. The molecule has 17 heavy (non-hydrogen) atoms. The molecule has 0 spiro atoms. The SMILES string of the molecule is CCCCCn1nc(CC)c(C(C)=O)c1CC. The number of nitrogens with zero attached hydrogens (tertiary/aromatic N) is 2. The summed E-state index contributed by atoms with van der Waals surface area (Å²) in [5.41, 5.74) is 2.95. The highest BCUT2D eigenvalue weighted by Gasteiger charge is 2.18. The van der Waals surface area contributed by atoms with Crippen molar-refractivity contribution in [3.05, 3.63) is 17.0 Å². The lowest BCUT2D eigenvalue weighted by molar-refractivity contribution is 0.101. The van der Waals surface area contributed by atoms with Gasteiger partial charge >= 0.3 is 0 Å². The van der Waals surface area contributed by atoms with Gasteiger partial charge in [0.2, 0.25) is 0 Å². The van der Waals surface area contributed by atoms with Crippen LogP contribution in [0.2, 0.25) is 0 Å². The third-order valence-electron chi connectivity index (χ3n) is 3.13. The van der Waals surface area contributed by atoms with Gasteiger partial charge in [-0.3, -0.25) is 9.48 Å². The van der Waals surface area contributed by atoms with E-state index < -0.39 is 0 Å². The molecular weight excluding hydrogens is 212 g/mol. The lowest BCUT2D eigenvalue weighted by Crippen LogP contribution is -2.06. The van der Waals surface area contributed by atoms with Crippen LogP contribution in [0.25, 0.3) is 0 Å². The minimum atomic E-state index is 0.153. The summed E-state index contributed by atoms with van der Waals surface area (Å²) >= 11 is 0. The van der Waals surface area contributed by atoms with Crippen molar-refractivity contribution in [3.8, 4) is 0 Å². The van der Waals surface area contributed by atoms with Crippen LogP contribution in [0.5, 0.6) is 0 Å². The molecule has 3 heteroatoms. The number of unbranched alkanes of at least 4 members (excludes halogenated alkanes) is 2. The highest BCUT2D eigenvalue weighted by Crippen LogP contribution is 2.17. The fourth-order valence-electron chi connectivity index (χ4n) is 2.26. The Morgan fingerprint density at radius 1 is 1.18 bits per heavy atom. The molecule has 0 unspecified atom stereocenters. The second kappa shape index (κ2) is 6.58. The van der Waals surface area contributed by atoms with Gasteiger partial charge < -0.3 is 0 Å². The molecule has 0 aromatic carbocycles. The van der Waals surface area contributed by atoms with E-state index in [1.807, 2.05) is 4.68 Å². The molecule has 0 radical (unpaired) electrons. The van der Waals surface area contributed by atoms with Crippen molar-refractivity contribution in [2.24, 2.45) is 0 Å². The maximum atomic E-state index is 11.7. The van der Waals surface area contributed by atoms with Gasteiger partial charge in [0.15, 0.2) is 5.78 Å². The molecule has 0 aliphatic rings. The predicted molar refractivity (Wildman–Crippen MR) is 70.5 cm³/mol. The smallest absolute Gasteiger partial charge is 0.163 e. The van der Waals surface area contributed by atoms with E-state index in [1.54, 1.807) is 6.92 Å². The van der Waals surface area contributed by atoms with Gasteiger partial charge in [0, 0.05) is 12.2 Å². The number of carbonyl (C=O) groups excluding carboxylic acids is 1. The molecule has 1 heterocycles. The summed E-state index contributed by atoms with van der Waals surface area (Å²) in [4.78, 5) is 11.7. The van der Waals surface area contributed by atoms with E-state index in [2.05, 4.69) is 25.9 Å². The standard InChI is InChI=1S/C14H24N2O/c1-5-8-9-10-16-13(7-3)14(11(4)17)12(6-2)15-16/h5-10H2,1-4H3. The van der Waals surface area contributed by atoms with E-state index in [0.29, 0.717) is 0 Å². The molecule has 1 aromatic heterocycles. The lowest BCUT2D eigenvalue weighted by Gasteiger charge is -2.06. The second-order valence-electron chi connectivity index (χ2n) is 4.46. The number of carbonyl (C=O) groups is 1.